The summed E-state index contributed by atoms with van der Waals surface area (Å²) in [6.07, 6.45) is 13.5. The third kappa shape index (κ3) is 4.59. The van der Waals surface area contributed by atoms with Crippen molar-refractivity contribution in [2.24, 2.45) is 0 Å². The maximum atomic E-state index is 11.3. The molecule has 0 aromatic heterocycles. The Balaban J connectivity index is 2.44. The number of carbonyl (C=O) groups excluding carboxylic acids is 1. The molecule has 0 fully saturated rings. The van der Waals surface area contributed by atoms with E-state index in [2.05, 4.69) is 6.08 Å². The quantitative estimate of drug-likeness (QED) is 0.616. The first-order valence-electron chi connectivity index (χ1n) is 6.00. The number of Topliss-reactive ketones (excluding diaryl/α,β-unsaturated/α-hetero) is 1. The number of rotatable bonds is 1. The van der Waals surface area contributed by atoms with E-state index in [1.807, 2.05) is 0 Å². The molecule has 0 atom stereocenters. The number of carbonyl (C=O) groups is 1. The van der Waals surface area contributed by atoms with Crippen LogP contribution in [0.1, 0.15) is 64.7 Å². The molecule has 0 bridgehead atoms. The van der Waals surface area contributed by atoms with Crippen LogP contribution in [0.15, 0.2) is 11.6 Å². The highest BCUT2D eigenvalue weighted by Gasteiger charge is 2.04. The van der Waals surface area contributed by atoms with Crippen molar-refractivity contribution in [3.8, 4) is 0 Å². The van der Waals surface area contributed by atoms with E-state index in [4.69, 9.17) is 0 Å². The van der Waals surface area contributed by atoms with E-state index in [0.717, 1.165) is 18.4 Å². The Labute approximate surface area is 87.6 Å². The Morgan fingerprint density at radius 3 is 2.21 bits per heavy atom. The standard InChI is InChI=1S/C13H22O/c1-12(14)13-10-8-6-4-2-3-5-7-9-11-13/h10H,2-9,11H2,1H3. The van der Waals surface area contributed by atoms with Gasteiger partial charge in [0.2, 0.25) is 0 Å². The van der Waals surface area contributed by atoms with Gasteiger partial charge in [0.15, 0.2) is 5.78 Å². The lowest BCUT2D eigenvalue weighted by Gasteiger charge is -2.02. The van der Waals surface area contributed by atoms with Crippen molar-refractivity contribution >= 4 is 5.78 Å². The van der Waals surface area contributed by atoms with Crippen LogP contribution in [0.2, 0.25) is 0 Å². The molecule has 0 aromatic carbocycles. The average molecular weight is 194 g/mol. The van der Waals surface area contributed by atoms with Crippen molar-refractivity contribution in [3.05, 3.63) is 11.6 Å². The molecule has 0 amide bonds. The largest absolute Gasteiger partial charge is 0.295 e. The van der Waals surface area contributed by atoms with E-state index in [-0.39, 0.29) is 5.78 Å². The summed E-state index contributed by atoms with van der Waals surface area (Å²) in [5.74, 6) is 0.282. The minimum Gasteiger partial charge on any atom is -0.295 e. The fraction of sp³-hybridized carbons (Fsp3) is 0.769. The van der Waals surface area contributed by atoms with Crippen LogP contribution in [0.3, 0.4) is 0 Å². The molecule has 0 saturated heterocycles. The van der Waals surface area contributed by atoms with Gasteiger partial charge in [-0.25, -0.2) is 0 Å². The zero-order valence-electron chi connectivity index (χ0n) is 9.35. The fourth-order valence-electron chi connectivity index (χ4n) is 2.04. The molecule has 1 aliphatic carbocycles. The molecule has 0 spiro atoms. The lowest BCUT2D eigenvalue weighted by molar-refractivity contribution is -0.113. The minimum atomic E-state index is 0.282. The third-order valence-corrected chi connectivity index (χ3v) is 2.99. The molecule has 1 heteroatoms. The number of ketones is 1. The van der Waals surface area contributed by atoms with Gasteiger partial charge in [0.25, 0.3) is 0 Å². The number of hydrogen-bond donors (Lipinski definition) is 0. The molecule has 1 rings (SSSR count). The molecule has 1 nitrogen and oxygen atoms in total. The van der Waals surface area contributed by atoms with E-state index in [1.165, 1.54) is 44.9 Å². The van der Waals surface area contributed by atoms with Crippen LogP contribution in [0.5, 0.6) is 0 Å². The second-order valence-electron chi connectivity index (χ2n) is 4.30. The molecule has 0 heterocycles. The zero-order valence-corrected chi connectivity index (χ0v) is 9.35. The average Bonchev–Trinajstić information content (AvgIpc) is 2.21. The van der Waals surface area contributed by atoms with Crippen molar-refractivity contribution in [1.82, 2.24) is 0 Å². The monoisotopic (exact) mass is 194 g/mol. The van der Waals surface area contributed by atoms with Gasteiger partial charge in [0.05, 0.1) is 0 Å². The van der Waals surface area contributed by atoms with Gasteiger partial charge < -0.3 is 0 Å². The normalized spacial score (nSPS) is 20.8. The summed E-state index contributed by atoms with van der Waals surface area (Å²) < 4.78 is 0. The summed E-state index contributed by atoms with van der Waals surface area (Å²) in [5, 5.41) is 0. The smallest absolute Gasteiger partial charge is 0.155 e. The van der Waals surface area contributed by atoms with Crippen molar-refractivity contribution < 1.29 is 4.79 Å². The molecular weight excluding hydrogens is 172 g/mol. The second kappa shape index (κ2) is 6.80. The number of allylic oxidation sites excluding steroid dienone is 2. The molecular formula is C13H22O. The van der Waals surface area contributed by atoms with Crippen molar-refractivity contribution in [3.63, 3.8) is 0 Å². The topological polar surface area (TPSA) is 17.1 Å². The van der Waals surface area contributed by atoms with Gasteiger partial charge in [-0.3, -0.25) is 4.79 Å². The fourth-order valence-corrected chi connectivity index (χ4v) is 2.04. The van der Waals surface area contributed by atoms with Crippen molar-refractivity contribution in [1.29, 1.82) is 0 Å². The van der Waals surface area contributed by atoms with Gasteiger partial charge in [-0.05, 0) is 38.2 Å². The van der Waals surface area contributed by atoms with Gasteiger partial charge in [0.1, 0.15) is 0 Å². The van der Waals surface area contributed by atoms with Crippen LogP contribution in [0.25, 0.3) is 0 Å². The Morgan fingerprint density at radius 2 is 1.57 bits per heavy atom. The summed E-state index contributed by atoms with van der Waals surface area (Å²) in [6, 6.07) is 0. The summed E-state index contributed by atoms with van der Waals surface area (Å²) in [5.41, 5.74) is 1.08. The van der Waals surface area contributed by atoms with Gasteiger partial charge >= 0.3 is 0 Å². The summed E-state index contributed by atoms with van der Waals surface area (Å²) in [7, 11) is 0. The molecule has 0 aromatic rings. The van der Waals surface area contributed by atoms with Gasteiger partial charge in [-0.15, -0.1) is 0 Å². The first-order valence-corrected chi connectivity index (χ1v) is 6.00. The zero-order chi connectivity index (χ0) is 10.2. The molecule has 0 N–H and O–H groups in total. The first-order chi connectivity index (χ1) is 6.80. The van der Waals surface area contributed by atoms with Gasteiger partial charge in [0, 0.05) is 0 Å². The SMILES string of the molecule is CC(=O)C1=CCCCCCCCCC1. The van der Waals surface area contributed by atoms with E-state index in [0.29, 0.717) is 0 Å². The highest BCUT2D eigenvalue weighted by Crippen LogP contribution is 2.17. The van der Waals surface area contributed by atoms with Crippen LogP contribution in [-0.2, 0) is 4.79 Å². The molecule has 80 valence electrons. The summed E-state index contributed by atoms with van der Waals surface area (Å²) in [4.78, 5) is 11.3. The van der Waals surface area contributed by atoms with Crippen LogP contribution >= 0.6 is 0 Å². The molecule has 14 heavy (non-hydrogen) atoms. The summed E-state index contributed by atoms with van der Waals surface area (Å²) in [6.45, 7) is 1.70. The van der Waals surface area contributed by atoms with Gasteiger partial charge in [-0.2, -0.15) is 0 Å². The predicted octanol–water partition coefficient (Wildman–Crippen LogP) is 4.03. The Kier molecular flexibility index (Phi) is 5.58. The third-order valence-electron chi connectivity index (χ3n) is 2.99. The molecule has 1 aliphatic rings. The van der Waals surface area contributed by atoms with E-state index in [9.17, 15) is 4.79 Å². The molecule has 0 saturated carbocycles. The van der Waals surface area contributed by atoms with Crippen molar-refractivity contribution in [2.75, 3.05) is 0 Å². The Bertz CT molecular complexity index is 203. The highest BCUT2D eigenvalue weighted by atomic mass is 16.1. The maximum absolute atomic E-state index is 11.3. The predicted molar refractivity (Wildman–Crippen MR) is 60.3 cm³/mol. The maximum Gasteiger partial charge on any atom is 0.155 e. The molecule has 0 aliphatic heterocycles. The second-order valence-corrected chi connectivity index (χ2v) is 4.30. The Morgan fingerprint density at radius 1 is 1.00 bits per heavy atom. The van der Waals surface area contributed by atoms with E-state index in [1.54, 1.807) is 6.92 Å². The van der Waals surface area contributed by atoms with E-state index >= 15 is 0 Å². The number of hydrogen-bond acceptors (Lipinski definition) is 1. The molecule has 0 unspecified atom stereocenters. The van der Waals surface area contributed by atoms with Crippen molar-refractivity contribution in [2.45, 2.75) is 64.7 Å². The Hall–Kier alpha value is -0.590. The minimum absolute atomic E-state index is 0.282. The van der Waals surface area contributed by atoms with Gasteiger partial charge in [-0.1, -0.05) is 38.2 Å². The lowest BCUT2D eigenvalue weighted by atomic mass is 10.0. The van der Waals surface area contributed by atoms with Crippen LogP contribution in [0, 0.1) is 0 Å². The molecule has 0 radical (unpaired) electrons. The van der Waals surface area contributed by atoms with Crippen LogP contribution in [-0.4, -0.2) is 5.78 Å². The first kappa shape index (κ1) is 11.5. The summed E-state index contributed by atoms with van der Waals surface area (Å²) >= 11 is 0. The lowest BCUT2D eigenvalue weighted by Crippen LogP contribution is -1.96. The highest BCUT2D eigenvalue weighted by molar-refractivity contribution is 5.93. The van der Waals surface area contributed by atoms with E-state index < -0.39 is 0 Å². The van der Waals surface area contributed by atoms with Crippen LogP contribution in [0.4, 0.5) is 0 Å². The van der Waals surface area contributed by atoms with Crippen LogP contribution < -0.4 is 0 Å².